The summed E-state index contributed by atoms with van der Waals surface area (Å²) in [5.41, 5.74) is 6.62. The highest BCUT2D eigenvalue weighted by molar-refractivity contribution is 6.34. The zero-order chi connectivity index (χ0) is 9.30. The second kappa shape index (κ2) is 3.03. The van der Waals surface area contributed by atoms with E-state index in [2.05, 4.69) is 0 Å². The zero-order valence-electron chi connectivity index (χ0n) is 6.47. The summed E-state index contributed by atoms with van der Waals surface area (Å²) in [6, 6.07) is 3.01. The monoisotopic (exact) mass is 185 g/mol. The van der Waals surface area contributed by atoms with Crippen LogP contribution in [0.5, 0.6) is 0 Å². The van der Waals surface area contributed by atoms with Gasteiger partial charge in [0.2, 0.25) is 0 Å². The molecule has 0 spiro atoms. The molecule has 64 valence electrons. The number of hydrogen-bond donors (Lipinski definition) is 2. The Morgan fingerprint density at radius 2 is 2.17 bits per heavy atom. The van der Waals surface area contributed by atoms with Crippen LogP contribution >= 0.6 is 11.6 Å². The first kappa shape index (κ1) is 8.87. The lowest BCUT2D eigenvalue weighted by Gasteiger charge is -2.04. The fourth-order valence-corrected chi connectivity index (χ4v) is 1.40. The number of carboxylic acids is 1. The summed E-state index contributed by atoms with van der Waals surface area (Å²) in [4.78, 5) is 10.6. The normalized spacial score (nSPS) is 9.83. The van der Waals surface area contributed by atoms with E-state index in [1.165, 1.54) is 6.07 Å². The van der Waals surface area contributed by atoms with Crippen LogP contribution in [0.25, 0.3) is 0 Å². The first-order valence-electron chi connectivity index (χ1n) is 3.31. The first-order valence-corrected chi connectivity index (χ1v) is 3.69. The minimum Gasteiger partial charge on any atom is -0.478 e. The molecular weight excluding hydrogens is 178 g/mol. The number of nitrogens with two attached hydrogens (primary N) is 1. The summed E-state index contributed by atoms with van der Waals surface area (Å²) in [5.74, 6) is -1.03. The van der Waals surface area contributed by atoms with Crippen molar-refractivity contribution in [3.63, 3.8) is 0 Å². The van der Waals surface area contributed by atoms with Crippen LogP contribution in [-0.4, -0.2) is 11.1 Å². The molecule has 4 heteroatoms. The standard InChI is InChI=1S/C8H8ClNO2/c1-4-2-5(10)3-6(9)7(4)8(11)12/h2-3H,10H2,1H3,(H,11,12). The SMILES string of the molecule is Cc1cc(N)cc(Cl)c1C(=O)O. The third-order valence-electron chi connectivity index (χ3n) is 1.52. The molecule has 1 rings (SSSR count). The molecule has 0 saturated carbocycles. The average molecular weight is 186 g/mol. The molecule has 1 aromatic rings. The molecule has 0 aliphatic rings. The van der Waals surface area contributed by atoms with Gasteiger partial charge in [-0.3, -0.25) is 0 Å². The minimum atomic E-state index is -1.03. The van der Waals surface area contributed by atoms with E-state index in [0.29, 0.717) is 11.3 Å². The van der Waals surface area contributed by atoms with Crippen molar-refractivity contribution in [2.45, 2.75) is 6.92 Å². The minimum absolute atomic E-state index is 0.117. The van der Waals surface area contributed by atoms with Crippen LogP contribution in [0.4, 0.5) is 5.69 Å². The van der Waals surface area contributed by atoms with Gasteiger partial charge in [0.05, 0.1) is 10.6 Å². The average Bonchev–Trinajstić information content (AvgIpc) is 1.82. The van der Waals surface area contributed by atoms with E-state index in [1.807, 2.05) is 0 Å². The summed E-state index contributed by atoms with van der Waals surface area (Å²) in [7, 11) is 0. The number of nitrogen functional groups attached to an aromatic ring is 1. The summed E-state index contributed by atoms with van der Waals surface area (Å²) < 4.78 is 0. The fourth-order valence-electron chi connectivity index (χ4n) is 1.04. The number of rotatable bonds is 1. The number of hydrogen-bond acceptors (Lipinski definition) is 2. The maximum atomic E-state index is 10.6. The Kier molecular flexibility index (Phi) is 2.24. The van der Waals surface area contributed by atoms with Gasteiger partial charge in [0.15, 0.2) is 0 Å². The molecule has 0 radical (unpaired) electrons. The van der Waals surface area contributed by atoms with Gasteiger partial charge in [0.25, 0.3) is 0 Å². The number of aryl methyl sites for hydroxylation is 1. The number of aromatic carboxylic acids is 1. The number of benzene rings is 1. The molecule has 12 heavy (non-hydrogen) atoms. The van der Waals surface area contributed by atoms with Crippen molar-refractivity contribution >= 4 is 23.3 Å². The van der Waals surface area contributed by atoms with Crippen LogP contribution in [0, 0.1) is 6.92 Å². The molecule has 0 aliphatic carbocycles. The number of halogens is 1. The van der Waals surface area contributed by atoms with Gasteiger partial charge in [-0.2, -0.15) is 0 Å². The van der Waals surface area contributed by atoms with E-state index in [-0.39, 0.29) is 10.6 Å². The van der Waals surface area contributed by atoms with Crippen molar-refractivity contribution in [2.75, 3.05) is 5.73 Å². The summed E-state index contributed by atoms with van der Waals surface area (Å²) in [6.07, 6.45) is 0. The maximum Gasteiger partial charge on any atom is 0.337 e. The third-order valence-corrected chi connectivity index (χ3v) is 1.82. The van der Waals surface area contributed by atoms with E-state index in [0.717, 1.165) is 0 Å². The van der Waals surface area contributed by atoms with Gasteiger partial charge in [-0.1, -0.05) is 11.6 Å². The molecule has 0 amide bonds. The van der Waals surface area contributed by atoms with Gasteiger partial charge in [0.1, 0.15) is 0 Å². The number of carbonyl (C=O) groups is 1. The lowest BCUT2D eigenvalue weighted by molar-refractivity contribution is 0.0696. The second-order valence-corrected chi connectivity index (χ2v) is 2.91. The molecule has 0 fully saturated rings. The number of anilines is 1. The Bertz CT molecular complexity index is 313. The lowest BCUT2D eigenvalue weighted by Crippen LogP contribution is -2.01. The summed E-state index contributed by atoms with van der Waals surface area (Å²) in [6.45, 7) is 1.66. The highest BCUT2D eigenvalue weighted by atomic mass is 35.5. The second-order valence-electron chi connectivity index (χ2n) is 2.50. The maximum absolute atomic E-state index is 10.6. The predicted molar refractivity (Wildman–Crippen MR) is 47.6 cm³/mol. The van der Waals surface area contributed by atoms with E-state index in [1.54, 1.807) is 13.0 Å². The molecule has 0 bridgehead atoms. The predicted octanol–water partition coefficient (Wildman–Crippen LogP) is 1.93. The van der Waals surface area contributed by atoms with Gasteiger partial charge in [-0.25, -0.2) is 4.79 Å². The smallest absolute Gasteiger partial charge is 0.337 e. The van der Waals surface area contributed by atoms with Crippen molar-refractivity contribution < 1.29 is 9.90 Å². The third kappa shape index (κ3) is 1.51. The van der Waals surface area contributed by atoms with Crippen LogP contribution in [0.1, 0.15) is 15.9 Å². The molecule has 0 atom stereocenters. The Balaban J connectivity index is 3.38. The van der Waals surface area contributed by atoms with Crippen LogP contribution in [-0.2, 0) is 0 Å². The summed E-state index contributed by atoms with van der Waals surface area (Å²) in [5, 5.41) is 8.89. The molecule has 0 unspecified atom stereocenters. The van der Waals surface area contributed by atoms with Crippen molar-refractivity contribution in [3.8, 4) is 0 Å². The Morgan fingerprint density at radius 3 is 2.58 bits per heavy atom. The van der Waals surface area contributed by atoms with Crippen LogP contribution in [0.3, 0.4) is 0 Å². The van der Waals surface area contributed by atoms with Crippen LogP contribution < -0.4 is 5.73 Å². The van der Waals surface area contributed by atoms with Gasteiger partial charge < -0.3 is 10.8 Å². The highest BCUT2D eigenvalue weighted by Crippen LogP contribution is 2.23. The molecule has 3 N–H and O–H groups in total. The largest absolute Gasteiger partial charge is 0.478 e. The van der Waals surface area contributed by atoms with Gasteiger partial charge in [-0.05, 0) is 24.6 Å². The van der Waals surface area contributed by atoms with Gasteiger partial charge >= 0.3 is 5.97 Å². The van der Waals surface area contributed by atoms with E-state index in [9.17, 15) is 4.79 Å². The molecule has 0 saturated heterocycles. The zero-order valence-corrected chi connectivity index (χ0v) is 7.22. The Hall–Kier alpha value is -1.22. The lowest BCUT2D eigenvalue weighted by atomic mass is 10.1. The quantitative estimate of drug-likeness (QED) is 0.658. The van der Waals surface area contributed by atoms with Crippen molar-refractivity contribution in [3.05, 3.63) is 28.3 Å². The molecule has 0 heterocycles. The van der Waals surface area contributed by atoms with Crippen LogP contribution in [0.2, 0.25) is 5.02 Å². The van der Waals surface area contributed by atoms with Gasteiger partial charge in [-0.15, -0.1) is 0 Å². The van der Waals surface area contributed by atoms with E-state index >= 15 is 0 Å². The van der Waals surface area contributed by atoms with Gasteiger partial charge in [0, 0.05) is 5.69 Å². The fraction of sp³-hybridized carbons (Fsp3) is 0.125. The van der Waals surface area contributed by atoms with E-state index in [4.69, 9.17) is 22.4 Å². The summed E-state index contributed by atoms with van der Waals surface area (Å²) >= 11 is 5.67. The molecule has 0 aliphatic heterocycles. The van der Waals surface area contributed by atoms with Crippen molar-refractivity contribution in [1.82, 2.24) is 0 Å². The Labute approximate surface area is 74.8 Å². The van der Waals surface area contributed by atoms with Crippen molar-refractivity contribution in [1.29, 1.82) is 0 Å². The topological polar surface area (TPSA) is 63.3 Å². The first-order chi connectivity index (χ1) is 5.52. The molecule has 3 nitrogen and oxygen atoms in total. The molecule has 1 aromatic carbocycles. The van der Waals surface area contributed by atoms with E-state index < -0.39 is 5.97 Å². The highest BCUT2D eigenvalue weighted by Gasteiger charge is 2.11. The number of carboxylic acid groups (broad SMARTS) is 1. The van der Waals surface area contributed by atoms with Crippen LogP contribution in [0.15, 0.2) is 12.1 Å². The molecular formula is C8H8ClNO2. The molecule has 0 aromatic heterocycles. The van der Waals surface area contributed by atoms with Crippen molar-refractivity contribution in [2.24, 2.45) is 0 Å². The Morgan fingerprint density at radius 1 is 1.58 bits per heavy atom.